The Morgan fingerprint density at radius 1 is 0.500 bits per heavy atom. The van der Waals surface area contributed by atoms with Gasteiger partial charge < -0.3 is 13.5 Å². The molecule has 0 unspecified atom stereocenters. The zero-order chi connectivity index (χ0) is 30.9. The molecule has 0 bridgehead atoms. The Bertz CT molecular complexity index is 2820. The summed E-state index contributed by atoms with van der Waals surface area (Å²) in [5.74, 6) is 1.20. The van der Waals surface area contributed by atoms with E-state index in [-0.39, 0.29) is 21.1 Å². The van der Waals surface area contributed by atoms with Gasteiger partial charge in [0.15, 0.2) is 0 Å². The SMILES string of the molecule is [Pt+2].[c-]1c(Oc2[c-]c3c(cc2)c2cc(-c4ccccc4)cc(-c4ccccc4)c2n2ccnc32)ccc2c1c1nccn1c1ccccc21. The topological polar surface area (TPSA) is 43.8 Å². The van der Waals surface area contributed by atoms with E-state index in [0.717, 1.165) is 71.3 Å². The smallest absolute Gasteiger partial charge is 0.497 e. The zero-order valence-corrected chi connectivity index (χ0v) is 27.6. The fourth-order valence-corrected chi connectivity index (χ4v) is 6.99. The quantitative estimate of drug-likeness (QED) is 0.132. The van der Waals surface area contributed by atoms with Crippen molar-refractivity contribution in [2.24, 2.45) is 0 Å². The molecule has 0 radical (unpaired) electrons. The van der Waals surface area contributed by atoms with Crippen LogP contribution in [0, 0.1) is 12.1 Å². The third kappa shape index (κ3) is 4.35. The van der Waals surface area contributed by atoms with E-state index < -0.39 is 0 Å². The van der Waals surface area contributed by atoms with Crippen molar-refractivity contribution in [3.8, 4) is 33.8 Å². The maximum atomic E-state index is 6.47. The normalized spacial score (nSPS) is 11.6. The Morgan fingerprint density at radius 3 is 1.79 bits per heavy atom. The van der Waals surface area contributed by atoms with Gasteiger partial charge in [0.1, 0.15) is 0 Å². The zero-order valence-electron chi connectivity index (χ0n) is 25.4. The standard InChI is InChI=1S/C42H24N4O.Pt/c1-3-9-27(10-4-1)29-23-35(28-11-5-2-6-12-28)40-36(24-29)33-18-16-31(26-38(33)42-44-20-22-46(40)42)47-30-15-17-32-34-13-7-8-14-39(34)45-21-19-43-41(45)37(32)25-30;/h1-24H;/q-2;+2. The van der Waals surface area contributed by atoms with Crippen LogP contribution in [-0.2, 0) is 21.1 Å². The van der Waals surface area contributed by atoms with Gasteiger partial charge in [-0.15, -0.1) is 12.1 Å². The number of imidazole rings is 2. The molecule has 10 aromatic rings. The van der Waals surface area contributed by atoms with Crippen molar-refractivity contribution in [2.75, 3.05) is 0 Å². The molecule has 0 amide bonds. The molecule has 228 valence electrons. The molecule has 0 atom stereocenters. The molecule has 0 saturated carbocycles. The van der Waals surface area contributed by atoms with E-state index in [1.807, 2.05) is 36.9 Å². The molecule has 0 spiro atoms. The van der Waals surface area contributed by atoms with Crippen molar-refractivity contribution in [1.29, 1.82) is 0 Å². The van der Waals surface area contributed by atoms with Gasteiger partial charge in [-0.25, -0.2) is 0 Å². The van der Waals surface area contributed by atoms with Crippen molar-refractivity contribution < 1.29 is 25.8 Å². The molecule has 6 aromatic carbocycles. The first-order chi connectivity index (χ1) is 23.3. The number of hydrogen-bond acceptors (Lipinski definition) is 3. The minimum absolute atomic E-state index is 0. The second kappa shape index (κ2) is 11.2. The fraction of sp³-hybridized carbons (Fsp3) is 0. The number of fused-ring (bicyclic) bond motifs is 12. The largest absolute Gasteiger partial charge is 2.00 e. The van der Waals surface area contributed by atoms with E-state index in [9.17, 15) is 0 Å². The number of nitrogens with zero attached hydrogens (tertiary/aromatic N) is 4. The van der Waals surface area contributed by atoms with Crippen LogP contribution in [0.3, 0.4) is 0 Å². The molecule has 0 aliphatic heterocycles. The number of rotatable bonds is 4. The number of aromatic nitrogens is 4. The molecule has 0 fully saturated rings. The third-order valence-corrected chi connectivity index (χ3v) is 9.07. The summed E-state index contributed by atoms with van der Waals surface area (Å²) >= 11 is 0. The monoisotopic (exact) mass is 795 g/mol. The van der Waals surface area contributed by atoms with E-state index in [4.69, 9.17) is 9.72 Å². The summed E-state index contributed by atoms with van der Waals surface area (Å²) in [6, 6.07) is 49.3. The Morgan fingerprint density at radius 2 is 1.08 bits per heavy atom. The van der Waals surface area contributed by atoms with Gasteiger partial charge >= 0.3 is 21.1 Å². The summed E-state index contributed by atoms with van der Waals surface area (Å²) in [5, 5.41) is 6.23. The summed E-state index contributed by atoms with van der Waals surface area (Å²) < 4.78 is 10.8. The molecule has 6 heteroatoms. The minimum atomic E-state index is 0. The Labute approximate surface area is 290 Å². The van der Waals surface area contributed by atoms with E-state index in [1.54, 1.807) is 0 Å². The van der Waals surface area contributed by atoms with Crippen molar-refractivity contribution in [3.63, 3.8) is 0 Å². The third-order valence-electron chi connectivity index (χ3n) is 9.07. The molecule has 0 N–H and O–H groups in total. The van der Waals surface area contributed by atoms with Crippen LogP contribution in [0.1, 0.15) is 0 Å². The van der Waals surface area contributed by atoms with Crippen molar-refractivity contribution in [2.45, 2.75) is 0 Å². The average molecular weight is 796 g/mol. The van der Waals surface area contributed by atoms with Crippen LogP contribution in [0.15, 0.2) is 146 Å². The van der Waals surface area contributed by atoms with Gasteiger partial charge in [0.05, 0.1) is 11.3 Å². The molecule has 4 heterocycles. The molecule has 0 aliphatic carbocycles. The van der Waals surface area contributed by atoms with Gasteiger partial charge in [-0.2, -0.15) is 0 Å². The van der Waals surface area contributed by atoms with Crippen LogP contribution in [0.5, 0.6) is 11.5 Å². The van der Waals surface area contributed by atoms with Crippen molar-refractivity contribution in [1.82, 2.24) is 18.8 Å². The van der Waals surface area contributed by atoms with Gasteiger partial charge in [0.25, 0.3) is 0 Å². The van der Waals surface area contributed by atoms with E-state index in [2.05, 4.69) is 135 Å². The van der Waals surface area contributed by atoms with Crippen LogP contribution < -0.4 is 4.74 Å². The molecular formula is C42H24N4OPt. The van der Waals surface area contributed by atoms with Gasteiger partial charge in [0, 0.05) is 52.9 Å². The van der Waals surface area contributed by atoms with Gasteiger partial charge in [-0.1, -0.05) is 131 Å². The van der Waals surface area contributed by atoms with E-state index in [1.165, 1.54) is 5.56 Å². The van der Waals surface area contributed by atoms with Crippen LogP contribution in [0.4, 0.5) is 0 Å². The summed E-state index contributed by atoms with van der Waals surface area (Å²) in [6.07, 6.45) is 7.70. The van der Waals surface area contributed by atoms with Gasteiger partial charge in [-0.05, 0) is 39.6 Å². The first-order valence-corrected chi connectivity index (χ1v) is 15.6. The Hall–Kier alpha value is -5.77. The Kier molecular flexibility index (Phi) is 6.63. The number of ether oxygens (including phenoxy) is 1. The van der Waals surface area contributed by atoms with Crippen LogP contribution in [0.2, 0.25) is 0 Å². The van der Waals surface area contributed by atoms with E-state index >= 15 is 0 Å². The van der Waals surface area contributed by atoms with Gasteiger partial charge in [0.2, 0.25) is 0 Å². The minimum Gasteiger partial charge on any atom is -0.497 e. The molecule has 48 heavy (non-hydrogen) atoms. The number of benzene rings is 6. The molecule has 0 aliphatic rings. The predicted octanol–water partition coefficient (Wildman–Crippen LogP) is 10.3. The second-order valence-corrected chi connectivity index (χ2v) is 11.7. The Balaban J connectivity index is 0.00000314. The fourth-order valence-electron chi connectivity index (χ4n) is 6.99. The second-order valence-electron chi connectivity index (χ2n) is 11.7. The number of hydrogen-bond donors (Lipinski definition) is 0. The van der Waals surface area contributed by atoms with E-state index in [0.29, 0.717) is 11.5 Å². The average Bonchev–Trinajstić information content (AvgIpc) is 3.84. The summed E-state index contributed by atoms with van der Waals surface area (Å²) in [7, 11) is 0. The van der Waals surface area contributed by atoms with Crippen LogP contribution in [0.25, 0.3) is 76.9 Å². The predicted molar refractivity (Wildman–Crippen MR) is 189 cm³/mol. The number of para-hydroxylation sites is 1. The van der Waals surface area contributed by atoms with Gasteiger partial charge in [-0.3, -0.25) is 9.97 Å². The van der Waals surface area contributed by atoms with Crippen LogP contribution >= 0.6 is 0 Å². The maximum absolute atomic E-state index is 6.47. The molecule has 10 rings (SSSR count). The first kappa shape index (κ1) is 28.5. The van der Waals surface area contributed by atoms with Crippen molar-refractivity contribution >= 4 is 54.6 Å². The van der Waals surface area contributed by atoms with Crippen LogP contribution in [-0.4, -0.2) is 18.8 Å². The molecule has 5 nitrogen and oxygen atoms in total. The summed E-state index contributed by atoms with van der Waals surface area (Å²) in [6.45, 7) is 0. The summed E-state index contributed by atoms with van der Waals surface area (Å²) in [5.41, 5.74) is 8.52. The van der Waals surface area contributed by atoms with Crippen molar-refractivity contribution in [3.05, 3.63) is 158 Å². The molecular weight excluding hydrogens is 772 g/mol. The molecule has 4 aromatic heterocycles. The summed E-state index contributed by atoms with van der Waals surface area (Å²) in [4.78, 5) is 9.47. The number of pyridine rings is 2. The molecule has 0 saturated heterocycles. The maximum Gasteiger partial charge on any atom is 2.00 e. The first-order valence-electron chi connectivity index (χ1n) is 15.6.